The lowest BCUT2D eigenvalue weighted by molar-refractivity contribution is -0.137. The second-order valence-electron chi connectivity index (χ2n) is 5.54. The Morgan fingerprint density at radius 2 is 2.09 bits per heavy atom. The molecule has 1 aromatic carbocycles. The van der Waals surface area contributed by atoms with E-state index in [1.54, 1.807) is 6.07 Å². The van der Waals surface area contributed by atoms with Crippen molar-refractivity contribution in [3.05, 3.63) is 41.1 Å². The normalized spacial score (nSPS) is 15.3. The lowest BCUT2D eigenvalue weighted by Crippen LogP contribution is -2.26. The average molecular weight is 324 g/mol. The molecular formula is C15H15F3N4O. The van der Waals surface area contributed by atoms with Gasteiger partial charge in [0.2, 0.25) is 6.41 Å². The third-order valence-electron chi connectivity index (χ3n) is 3.87. The van der Waals surface area contributed by atoms with Crippen LogP contribution in [0.4, 0.5) is 19.0 Å². The van der Waals surface area contributed by atoms with Crippen LogP contribution in [0.5, 0.6) is 0 Å². The number of fused-ring (bicyclic) bond motifs is 1. The standard InChI is InChI=1S/C15H15F3N4O/c1-21-5-4-10-2-3-12(6-11(10)7-21)22-8-13(15(16,17)18)14(20-22)19-9-23/h2-3,6,8-9H,4-5,7H2,1H3,(H,19,20,23). The number of nitrogens with zero attached hydrogens (tertiary/aromatic N) is 3. The van der Waals surface area contributed by atoms with Gasteiger partial charge in [-0.1, -0.05) is 6.07 Å². The number of alkyl halides is 3. The highest BCUT2D eigenvalue weighted by Crippen LogP contribution is 2.35. The second-order valence-corrected chi connectivity index (χ2v) is 5.54. The predicted octanol–water partition coefficient (Wildman–Crippen LogP) is 2.45. The summed E-state index contributed by atoms with van der Waals surface area (Å²) < 4.78 is 40.2. The molecule has 5 nitrogen and oxygen atoms in total. The SMILES string of the molecule is CN1CCc2ccc(-n3cc(C(F)(F)F)c(NC=O)n3)cc2C1. The molecule has 2 aromatic rings. The van der Waals surface area contributed by atoms with E-state index in [-0.39, 0.29) is 6.41 Å². The lowest BCUT2D eigenvalue weighted by atomic mass is 9.99. The minimum absolute atomic E-state index is 0.184. The number of carbonyl (C=O) groups is 1. The Bertz CT molecular complexity index is 739. The largest absolute Gasteiger partial charge is 0.421 e. The fourth-order valence-electron chi connectivity index (χ4n) is 2.70. The van der Waals surface area contributed by atoms with Crippen molar-refractivity contribution in [3.8, 4) is 5.69 Å². The van der Waals surface area contributed by atoms with Gasteiger partial charge in [0.15, 0.2) is 5.82 Å². The smallest absolute Gasteiger partial charge is 0.311 e. The van der Waals surface area contributed by atoms with Crippen molar-refractivity contribution in [1.29, 1.82) is 0 Å². The number of rotatable bonds is 3. The number of halogens is 3. The topological polar surface area (TPSA) is 50.2 Å². The Kier molecular flexibility index (Phi) is 3.85. The average Bonchev–Trinajstić information content (AvgIpc) is 2.91. The molecule has 0 atom stereocenters. The Morgan fingerprint density at radius 3 is 2.78 bits per heavy atom. The van der Waals surface area contributed by atoms with Gasteiger partial charge in [0.1, 0.15) is 5.56 Å². The molecule has 0 radical (unpaired) electrons. The van der Waals surface area contributed by atoms with Crippen molar-refractivity contribution < 1.29 is 18.0 Å². The van der Waals surface area contributed by atoms with Gasteiger partial charge < -0.3 is 10.2 Å². The first-order valence-corrected chi connectivity index (χ1v) is 7.06. The molecule has 1 aliphatic rings. The fraction of sp³-hybridized carbons (Fsp3) is 0.333. The van der Waals surface area contributed by atoms with Crippen LogP contribution in [-0.4, -0.2) is 34.7 Å². The molecule has 8 heteroatoms. The molecule has 1 N–H and O–H groups in total. The van der Waals surface area contributed by atoms with Gasteiger partial charge in [-0.3, -0.25) is 4.79 Å². The second kappa shape index (κ2) is 5.69. The van der Waals surface area contributed by atoms with E-state index in [1.807, 2.05) is 24.5 Å². The number of benzene rings is 1. The number of hydrogen-bond acceptors (Lipinski definition) is 3. The lowest BCUT2D eigenvalue weighted by Gasteiger charge is -2.25. The van der Waals surface area contributed by atoms with Crippen molar-refractivity contribution in [2.45, 2.75) is 19.1 Å². The van der Waals surface area contributed by atoms with Gasteiger partial charge in [-0.25, -0.2) is 4.68 Å². The molecule has 2 heterocycles. The van der Waals surface area contributed by atoms with E-state index in [4.69, 9.17) is 0 Å². The third-order valence-corrected chi connectivity index (χ3v) is 3.87. The molecule has 1 aliphatic heterocycles. The summed E-state index contributed by atoms with van der Waals surface area (Å²) in [6, 6.07) is 5.49. The van der Waals surface area contributed by atoms with Crippen LogP contribution in [0, 0.1) is 0 Å². The summed E-state index contributed by atoms with van der Waals surface area (Å²) in [5, 5.41) is 5.85. The first-order chi connectivity index (χ1) is 10.9. The zero-order valence-corrected chi connectivity index (χ0v) is 12.4. The number of carbonyl (C=O) groups excluding carboxylic acids is 1. The van der Waals surface area contributed by atoms with Gasteiger partial charge >= 0.3 is 6.18 Å². The van der Waals surface area contributed by atoms with Gasteiger partial charge in [0.05, 0.1) is 5.69 Å². The number of nitrogens with one attached hydrogen (secondary N) is 1. The van der Waals surface area contributed by atoms with E-state index in [0.29, 0.717) is 5.69 Å². The van der Waals surface area contributed by atoms with Gasteiger partial charge in [0.25, 0.3) is 0 Å². The van der Waals surface area contributed by atoms with Gasteiger partial charge in [0, 0.05) is 19.3 Å². The van der Waals surface area contributed by atoms with Gasteiger partial charge in [-0.15, -0.1) is 5.10 Å². The van der Waals surface area contributed by atoms with Gasteiger partial charge in [-0.05, 0) is 36.7 Å². The highest BCUT2D eigenvalue weighted by atomic mass is 19.4. The molecule has 0 fully saturated rings. The summed E-state index contributed by atoms with van der Waals surface area (Å²) in [7, 11) is 2.00. The molecule has 0 saturated heterocycles. The quantitative estimate of drug-likeness (QED) is 0.883. The maximum absolute atomic E-state index is 13.0. The Balaban J connectivity index is 2.02. The van der Waals surface area contributed by atoms with Crippen molar-refractivity contribution in [2.24, 2.45) is 0 Å². The van der Waals surface area contributed by atoms with Crippen LogP contribution in [0.2, 0.25) is 0 Å². The van der Waals surface area contributed by atoms with Crippen LogP contribution in [0.15, 0.2) is 24.4 Å². The summed E-state index contributed by atoms with van der Waals surface area (Å²) in [6.07, 6.45) is -2.60. The number of hydrogen-bond donors (Lipinski definition) is 1. The molecule has 3 rings (SSSR count). The minimum atomic E-state index is -4.59. The fourth-order valence-corrected chi connectivity index (χ4v) is 2.70. The highest BCUT2D eigenvalue weighted by Gasteiger charge is 2.36. The van der Waals surface area contributed by atoms with Crippen LogP contribution >= 0.6 is 0 Å². The van der Waals surface area contributed by atoms with Crippen LogP contribution in [0.25, 0.3) is 5.69 Å². The molecule has 0 bridgehead atoms. The maximum atomic E-state index is 13.0. The molecular weight excluding hydrogens is 309 g/mol. The molecule has 0 spiro atoms. The summed E-state index contributed by atoms with van der Waals surface area (Å²) in [5.74, 6) is -0.498. The van der Waals surface area contributed by atoms with E-state index in [1.165, 1.54) is 5.56 Å². The first-order valence-electron chi connectivity index (χ1n) is 7.06. The minimum Gasteiger partial charge on any atom is -0.311 e. The Hall–Kier alpha value is -2.35. The van der Waals surface area contributed by atoms with Crippen LogP contribution < -0.4 is 5.32 Å². The van der Waals surface area contributed by atoms with E-state index < -0.39 is 17.6 Å². The number of anilines is 1. The summed E-state index contributed by atoms with van der Waals surface area (Å²) in [5.41, 5.74) is 1.83. The van der Waals surface area contributed by atoms with E-state index >= 15 is 0 Å². The van der Waals surface area contributed by atoms with Crippen molar-refractivity contribution in [1.82, 2.24) is 14.7 Å². The highest BCUT2D eigenvalue weighted by molar-refractivity contribution is 5.71. The van der Waals surface area contributed by atoms with Crippen LogP contribution in [-0.2, 0) is 23.9 Å². The van der Waals surface area contributed by atoms with E-state index in [9.17, 15) is 18.0 Å². The number of aromatic nitrogens is 2. The molecule has 0 aliphatic carbocycles. The molecule has 23 heavy (non-hydrogen) atoms. The summed E-state index contributed by atoms with van der Waals surface area (Å²) in [4.78, 5) is 12.6. The molecule has 1 aromatic heterocycles. The zero-order chi connectivity index (χ0) is 16.6. The zero-order valence-electron chi connectivity index (χ0n) is 12.4. The number of amides is 1. The molecule has 122 valence electrons. The van der Waals surface area contributed by atoms with Crippen molar-refractivity contribution in [2.75, 3.05) is 18.9 Å². The van der Waals surface area contributed by atoms with Gasteiger partial charge in [-0.2, -0.15) is 13.2 Å². The molecule has 0 unspecified atom stereocenters. The first kappa shape index (κ1) is 15.5. The monoisotopic (exact) mass is 324 g/mol. The summed E-state index contributed by atoms with van der Waals surface area (Å²) in [6.45, 7) is 1.70. The molecule has 0 saturated carbocycles. The van der Waals surface area contributed by atoms with Crippen molar-refractivity contribution in [3.63, 3.8) is 0 Å². The maximum Gasteiger partial charge on any atom is 0.421 e. The third kappa shape index (κ3) is 3.07. The van der Waals surface area contributed by atoms with Crippen molar-refractivity contribution >= 4 is 12.2 Å². The van der Waals surface area contributed by atoms with Crippen LogP contribution in [0.3, 0.4) is 0 Å². The van der Waals surface area contributed by atoms with E-state index in [0.717, 1.165) is 36.0 Å². The predicted molar refractivity (Wildman–Crippen MR) is 78.3 cm³/mol. The van der Waals surface area contributed by atoms with E-state index in [2.05, 4.69) is 10.00 Å². The number of likely N-dealkylation sites (N-methyl/N-ethyl adjacent to an activating group) is 1. The summed E-state index contributed by atoms with van der Waals surface area (Å²) >= 11 is 0. The van der Waals surface area contributed by atoms with Crippen LogP contribution in [0.1, 0.15) is 16.7 Å². The Morgan fingerprint density at radius 1 is 1.30 bits per heavy atom. The molecule has 1 amide bonds. The Labute approximate surface area is 130 Å².